The van der Waals surface area contributed by atoms with Crippen molar-refractivity contribution in [1.29, 1.82) is 0 Å². The molecule has 1 fully saturated rings. The van der Waals surface area contributed by atoms with Gasteiger partial charge in [0, 0.05) is 11.8 Å². The van der Waals surface area contributed by atoms with E-state index in [1.807, 2.05) is 12.2 Å². The van der Waals surface area contributed by atoms with Gasteiger partial charge in [0.2, 0.25) is 11.8 Å². The molecule has 1 N–H and O–H groups in total. The molecule has 1 aliphatic carbocycles. The molecule has 1 aromatic carbocycles. The van der Waals surface area contributed by atoms with Gasteiger partial charge in [0.15, 0.2) is 18.1 Å². The van der Waals surface area contributed by atoms with Crippen LogP contribution in [0.1, 0.15) is 12.8 Å². The van der Waals surface area contributed by atoms with Crippen molar-refractivity contribution in [1.82, 2.24) is 4.90 Å². The Bertz CT molecular complexity index is 869. The monoisotopic (exact) mass is 400 g/mol. The van der Waals surface area contributed by atoms with Gasteiger partial charge in [-0.3, -0.25) is 24.1 Å². The van der Waals surface area contributed by atoms with Gasteiger partial charge in [-0.15, -0.1) is 0 Å². The Kier molecular flexibility index (Phi) is 5.20. The van der Waals surface area contributed by atoms with Gasteiger partial charge in [0.05, 0.1) is 11.8 Å². The smallest absolute Gasteiger partial charge is 0.326 e. The van der Waals surface area contributed by atoms with Gasteiger partial charge >= 0.3 is 5.97 Å². The number of benzene rings is 1. The molecule has 3 amide bonds. The molecular formula is C20H20N2O7. The first-order chi connectivity index (χ1) is 14.0. The fourth-order valence-electron chi connectivity index (χ4n) is 3.66. The van der Waals surface area contributed by atoms with E-state index < -0.39 is 36.9 Å². The molecule has 0 spiro atoms. The molecule has 2 aliphatic heterocycles. The van der Waals surface area contributed by atoms with Crippen molar-refractivity contribution < 1.29 is 33.4 Å². The number of nitrogens with zero attached hydrogens (tertiary/aromatic N) is 1. The van der Waals surface area contributed by atoms with E-state index >= 15 is 0 Å². The molecule has 1 aromatic rings. The second kappa shape index (κ2) is 7.94. The summed E-state index contributed by atoms with van der Waals surface area (Å²) in [5, 5.41) is 2.59. The summed E-state index contributed by atoms with van der Waals surface area (Å²) in [4.78, 5) is 49.7. The highest BCUT2D eigenvalue weighted by Crippen LogP contribution is 2.35. The minimum atomic E-state index is -0.810. The number of amides is 3. The van der Waals surface area contributed by atoms with Gasteiger partial charge in [0.1, 0.15) is 19.8 Å². The number of ether oxygens (including phenoxy) is 3. The van der Waals surface area contributed by atoms with Gasteiger partial charge in [-0.1, -0.05) is 12.2 Å². The third-order valence-electron chi connectivity index (χ3n) is 5.08. The Morgan fingerprint density at radius 1 is 1.03 bits per heavy atom. The van der Waals surface area contributed by atoms with Crippen molar-refractivity contribution >= 4 is 29.4 Å². The summed E-state index contributed by atoms with van der Waals surface area (Å²) < 4.78 is 15.8. The maximum atomic E-state index is 12.3. The van der Waals surface area contributed by atoms with E-state index in [0.717, 1.165) is 4.90 Å². The molecule has 3 aliphatic rings. The Balaban J connectivity index is 1.27. The Morgan fingerprint density at radius 2 is 1.69 bits per heavy atom. The molecule has 1 saturated heterocycles. The average Bonchev–Trinajstić information content (AvgIpc) is 2.97. The van der Waals surface area contributed by atoms with Crippen LogP contribution in [0.15, 0.2) is 30.4 Å². The van der Waals surface area contributed by atoms with E-state index in [0.29, 0.717) is 43.2 Å². The van der Waals surface area contributed by atoms with Crippen LogP contribution in [0, 0.1) is 11.8 Å². The molecule has 0 saturated carbocycles. The molecule has 2 atom stereocenters. The number of rotatable bonds is 5. The Morgan fingerprint density at radius 3 is 2.38 bits per heavy atom. The highest BCUT2D eigenvalue weighted by molar-refractivity contribution is 6.07. The van der Waals surface area contributed by atoms with Crippen molar-refractivity contribution in [3.8, 4) is 11.5 Å². The number of hydrogen-bond acceptors (Lipinski definition) is 7. The number of carbonyl (C=O) groups excluding carboxylic acids is 4. The molecule has 9 nitrogen and oxygen atoms in total. The van der Waals surface area contributed by atoms with Crippen LogP contribution in [-0.2, 0) is 23.9 Å². The molecule has 4 rings (SSSR count). The first-order valence-corrected chi connectivity index (χ1v) is 9.38. The van der Waals surface area contributed by atoms with E-state index in [-0.39, 0.29) is 11.8 Å². The van der Waals surface area contributed by atoms with Gasteiger partial charge in [0.25, 0.3) is 5.91 Å². The Hall–Kier alpha value is -3.36. The number of fused-ring (bicyclic) bond motifs is 2. The van der Waals surface area contributed by atoms with Gasteiger partial charge < -0.3 is 19.5 Å². The number of hydrogen-bond donors (Lipinski definition) is 1. The standard InChI is InChI=1S/C20H20N2O7/c23-17(21-12-5-6-15-16(9-12)28-8-7-27-15)11-29-18(24)10-22-19(25)13-3-1-2-4-14(13)20(22)26/h1-2,5-6,9,13-14H,3-4,7-8,10-11H2,(H,21,23)/t13-,14+. The van der Waals surface area contributed by atoms with E-state index in [2.05, 4.69) is 5.32 Å². The third-order valence-corrected chi connectivity index (χ3v) is 5.08. The summed E-state index contributed by atoms with van der Waals surface area (Å²) >= 11 is 0. The molecule has 2 heterocycles. The molecule has 9 heteroatoms. The number of allylic oxidation sites excluding steroid dienone is 2. The zero-order valence-corrected chi connectivity index (χ0v) is 15.6. The molecule has 0 radical (unpaired) electrons. The molecule has 0 aromatic heterocycles. The summed E-state index contributed by atoms with van der Waals surface area (Å²) in [7, 11) is 0. The van der Waals surface area contributed by atoms with Crippen molar-refractivity contribution in [3.63, 3.8) is 0 Å². The largest absolute Gasteiger partial charge is 0.486 e. The lowest BCUT2D eigenvalue weighted by atomic mass is 9.85. The first kappa shape index (κ1) is 19.0. The lowest BCUT2D eigenvalue weighted by Crippen LogP contribution is -2.37. The number of carbonyl (C=O) groups is 4. The van der Waals surface area contributed by atoms with Crippen LogP contribution in [0.3, 0.4) is 0 Å². The van der Waals surface area contributed by atoms with Gasteiger partial charge in [-0.2, -0.15) is 0 Å². The number of nitrogens with one attached hydrogen (secondary N) is 1. The van der Waals surface area contributed by atoms with Crippen LogP contribution >= 0.6 is 0 Å². The van der Waals surface area contributed by atoms with E-state index in [9.17, 15) is 19.2 Å². The normalized spacial score (nSPS) is 22.3. The average molecular weight is 400 g/mol. The quantitative estimate of drug-likeness (QED) is 0.444. The maximum Gasteiger partial charge on any atom is 0.326 e. The first-order valence-electron chi connectivity index (χ1n) is 9.38. The zero-order chi connectivity index (χ0) is 20.4. The van der Waals surface area contributed by atoms with Gasteiger partial charge in [-0.25, -0.2) is 0 Å². The van der Waals surface area contributed by atoms with Crippen LogP contribution in [0.25, 0.3) is 0 Å². The van der Waals surface area contributed by atoms with E-state index in [1.165, 1.54) is 0 Å². The fraction of sp³-hybridized carbons (Fsp3) is 0.400. The number of anilines is 1. The highest BCUT2D eigenvalue weighted by atomic mass is 16.6. The van der Waals surface area contributed by atoms with Crippen molar-refractivity contribution in [2.45, 2.75) is 12.8 Å². The minimum absolute atomic E-state index is 0.359. The topological polar surface area (TPSA) is 111 Å². The molecule has 152 valence electrons. The van der Waals surface area contributed by atoms with Crippen LogP contribution in [0.2, 0.25) is 0 Å². The summed E-state index contributed by atoms with van der Waals surface area (Å²) in [6.07, 6.45) is 4.74. The Labute approximate surface area is 166 Å². The summed E-state index contributed by atoms with van der Waals surface area (Å²) in [5.74, 6) is -1.77. The molecule has 29 heavy (non-hydrogen) atoms. The van der Waals surface area contributed by atoms with Crippen molar-refractivity contribution in [2.24, 2.45) is 11.8 Å². The van der Waals surface area contributed by atoms with E-state index in [1.54, 1.807) is 18.2 Å². The van der Waals surface area contributed by atoms with Crippen LogP contribution in [-0.4, -0.2) is 55.0 Å². The number of likely N-dealkylation sites (tertiary alicyclic amines) is 1. The number of esters is 1. The van der Waals surface area contributed by atoms with Crippen molar-refractivity contribution in [3.05, 3.63) is 30.4 Å². The predicted molar refractivity (Wildman–Crippen MR) is 99.1 cm³/mol. The molecule has 0 bridgehead atoms. The second-order valence-corrected chi connectivity index (χ2v) is 6.99. The summed E-state index contributed by atoms with van der Waals surface area (Å²) in [6, 6.07) is 4.94. The fourth-order valence-corrected chi connectivity index (χ4v) is 3.66. The minimum Gasteiger partial charge on any atom is -0.486 e. The lowest BCUT2D eigenvalue weighted by molar-refractivity contribution is -0.154. The maximum absolute atomic E-state index is 12.3. The molecular weight excluding hydrogens is 380 g/mol. The predicted octanol–water partition coefficient (Wildman–Crippen LogP) is 0.891. The lowest BCUT2D eigenvalue weighted by Gasteiger charge is -2.19. The number of imide groups is 1. The van der Waals surface area contributed by atoms with Crippen molar-refractivity contribution in [2.75, 3.05) is 31.7 Å². The zero-order valence-electron chi connectivity index (χ0n) is 15.6. The molecule has 0 unspecified atom stereocenters. The van der Waals surface area contributed by atoms with Crippen LogP contribution < -0.4 is 14.8 Å². The van der Waals surface area contributed by atoms with Crippen LogP contribution in [0.4, 0.5) is 5.69 Å². The van der Waals surface area contributed by atoms with Gasteiger partial charge in [-0.05, 0) is 25.0 Å². The highest BCUT2D eigenvalue weighted by Gasteiger charge is 2.47. The third kappa shape index (κ3) is 3.94. The van der Waals surface area contributed by atoms with Crippen LogP contribution in [0.5, 0.6) is 11.5 Å². The summed E-state index contributed by atoms with van der Waals surface area (Å²) in [5.41, 5.74) is 0.469. The second-order valence-electron chi connectivity index (χ2n) is 6.99. The SMILES string of the molecule is O=C(COC(=O)CN1C(=O)[C@H]2CC=CC[C@H]2C1=O)Nc1ccc2c(c1)OCCO2. The van der Waals surface area contributed by atoms with E-state index in [4.69, 9.17) is 14.2 Å². The summed E-state index contributed by atoms with van der Waals surface area (Å²) in [6.45, 7) is -0.123.